The Bertz CT molecular complexity index is 1650. The van der Waals surface area contributed by atoms with Crippen LogP contribution in [-0.2, 0) is 27.7 Å². The number of piperazine rings is 1. The van der Waals surface area contributed by atoms with Crippen molar-refractivity contribution in [2.45, 2.75) is 17.9 Å². The summed E-state index contributed by atoms with van der Waals surface area (Å²) in [6.45, 7) is 3.69. The summed E-state index contributed by atoms with van der Waals surface area (Å²) >= 11 is 0. The van der Waals surface area contributed by atoms with Crippen molar-refractivity contribution in [2.75, 3.05) is 75.6 Å². The molecule has 1 aromatic heterocycles. The fourth-order valence-corrected chi connectivity index (χ4v) is 6.74. The van der Waals surface area contributed by atoms with Gasteiger partial charge in [0.2, 0.25) is 10.0 Å². The van der Waals surface area contributed by atoms with Gasteiger partial charge in [-0.05, 0) is 37.4 Å². The smallest absolute Gasteiger partial charge is 0.432 e. The summed E-state index contributed by atoms with van der Waals surface area (Å²) in [5.41, 5.74) is 2.08. The van der Waals surface area contributed by atoms with E-state index in [0.29, 0.717) is 41.7 Å². The van der Waals surface area contributed by atoms with Gasteiger partial charge in [-0.25, -0.2) is 22.0 Å². The highest BCUT2D eigenvalue weighted by atomic mass is 32.2. The van der Waals surface area contributed by atoms with Gasteiger partial charge in [-0.2, -0.15) is 8.99 Å². The molecular weight excluding hydrogens is 600 g/mol. The molecule has 236 valence electrons. The minimum Gasteiger partial charge on any atom is -0.463 e. The van der Waals surface area contributed by atoms with Gasteiger partial charge < -0.3 is 30.3 Å². The molecule has 0 unspecified atom stereocenters. The van der Waals surface area contributed by atoms with Crippen LogP contribution in [-0.4, -0.2) is 105 Å². The third-order valence-corrected chi connectivity index (χ3v) is 9.47. The average Bonchev–Trinajstić information content (AvgIpc) is 3.35. The summed E-state index contributed by atoms with van der Waals surface area (Å²) in [7, 11) is -0.750. The lowest BCUT2D eigenvalue weighted by Gasteiger charge is -2.34. The molecule has 0 atom stereocenters. The molecule has 0 saturated carbocycles. The zero-order valence-corrected chi connectivity index (χ0v) is 25.0. The van der Waals surface area contributed by atoms with Crippen molar-refractivity contribution in [3.05, 3.63) is 64.9 Å². The zero-order valence-electron chi connectivity index (χ0n) is 24.2. The lowest BCUT2D eigenvalue weighted by molar-refractivity contribution is 0.102. The number of nitrogens with zero attached hydrogens (tertiary/aromatic N) is 5. The Hall–Kier alpha value is -4.12. The predicted molar refractivity (Wildman–Crippen MR) is 158 cm³/mol. The van der Waals surface area contributed by atoms with Gasteiger partial charge in [0.25, 0.3) is 5.91 Å². The third kappa shape index (κ3) is 6.52. The van der Waals surface area contributed by atoms with Crippen LogP contribution < -0.4 is 15.5 Å². The Kier molecular flexibility index (Phi) is 9.15. The summed E-state index contributed by atoms with van der Waals surface area (Å²) in [5.74, 6) is -2.84. The van der Waals surface area contributed by atoms with Gasteiger partial charge in [0.05, 0.1) is 22.8 Å². The van der Waals surface area contributed by atoms with E-state index in [1.165, 1.54) is 0 Å². The lowest BCUT2D eigenvalue weighted by atomic mass is 10.1. The normalized spacial score (nSPS) is 16.0. The molecule has 13 nitrogen and oxygen atoms in total. The summed E-state index contributed by atoms with van der Waals surface area (Å²) in [4.78, 5) is 29.5. The fraction of sp³-hybridized carbons (Fsp3) is 0.393. The van der Waals surface area contributed by atoms with E-state index in [1.54, 1.807) is 13.2 Å². The van der Waals surface area contributed by atoms with Crippen molar-refractivity contribution in [1.82, 2.24) is 19.0 Å². The molecule has 3 aromatic rings. The number of carbonyl (C=O) groups excluding carboxylic acids is 1. The first-order valence-electron chi connectivity index (χ1n) is 13.9. The van der Waals surface area contributed by atoms with Gasteiger partial charge in [-0.1, -0.05) is 0 Å². The van der Waals surface area contributed by atoms with Crippen LogP contribution in [0.3, 0.4) is 0 Å². The molecule has 1 amide bonds. The van der Waals surface area contributed by atoms with Gasteiger partial charge in [-0.3, -0.25) is 4.79 Å². The number of carbonyl (C=O) groups is 2. The highest BCUT2D eigenvalue weighted by molar-refractivity contribution is 7.89. The molecule has 5 rings (SSSR count). The number of nitrogens with one attached hydrogen (secondary N) is 2. The topological polar surface area (TPSA) is 149 Å². The van der Waals surface area contributed by atoms with E-state index < -0.39 is 38.6 Å². The summed E-state index contributed by atoms with van der Waals surface area (Å²) in [6.07, 6.45) is -1.48. The van der Waals surface area contributed by atoms with Crippen molar-refractivity contribution >= 4 is 39.2 Å². The minimum absolute atomic E-state index is 0.0644. The van der Waals surface area contributed by atoms with Crippen LogP contribution in [0.2, 0.25) is 0 Å². The fourth-order valence-electron chi connectivity index (χ4n) is 5.28. The Morgan fingerprint density at radius 3 is 2.41 bits per heavy atom. The van der Waals surface area contributed by atoms with Gasteiger partial charge in [0.15, 0.2) is 5.82 Å². The first-order valence-corrected chi connectivity index (χ1v) is 15.3. The van der Waals surface area contributed by atoms with Crippen molar-refractivity contribution in [3.8, 4) is 0 Å². The van der Waals surface area contributed by atoms with E-state index in [9.17, 15) is 31.9 Å². The number of amides is 1. The third-order valence-electron chi connectivity index (χ3n) is 7.65. The van der Waals surface area contributed by atoms with Crippen molar-refractivity contribution in [2.24, 2.45) is 0 Å². The quantitative estimate of drug-likeness (QED) is 0.300. The number of ether oxygens (including phenoxy) is 1. The predicted octanol–water partition coefficient (Wildman–Crippen LogP) is 2.50. The summed E-state index contributed by atoms with van der Waals surface area (Å²) in [5, 5.41) is 19.7. The second-order valence-corrected chi connectivity index (χ2v) is 12.5. The second kappa shape index (κ2) is 12.9. The van der Waals surface area contributed by atoms with Gasteiger partial charge in [0.1, 0.15) is 11.6 Å². The molecule has 1 fully saturated rings. The number of hydrogen-bond donors (Lipinski definition) is 3. The van der Waals surface area contributed by atoms with Crippen molar-refractivity contribution in [1.29, 1.82) is 0 Å². The zero-order chi connectivity index (χ0) is 31.6. The molecule has 2 aliphatic rings. The van der Waals surface area contributed by atoms with E-state index >= 15 is 0 Å². The highest BCUT2D eigenvalue weighted by Crippen LogP contribution is 2.32. The number of sulfonamides is 1. The van der Waals surface area contributed by atoms with Gasteiger partial charge in [-0.15, -0.1) is 5.10 Å². The minimum atomic E-state index is -4.37. The number of likely N-dealkylation sites (N-methyl/N-ethyl adjacent to an activating group) is 1. The van der Waals surface area contributed by atoms with Gasteiger partial charge >= 0.3 is 6.09 Å². The molecule has 0 aliphatic carbocycles. The Balaban J connectivity index is 1.44. The largest absolute Gasteiger partial charge is 0.463 e. The number of benzene rings is 2. The highest BCUT2D eigenvalue weighted by Gasteiger charge is 2.35. The molecule has 3 N–H and O–H groups in total. The second-order valence-electron chi connectivity index (χ2n) is 10.6. The number of methoxy groups -OCH3 is 1. The van der Waals surface area contributed by atoms with Crippen LogP contribution in [0.5, 0.6) is 0 Å². The molecule has 0 spiro atoms. The summed E-state index contributed by atoms with van der Waals surface area (Å²) < 4.78 is 61.1. The number of rotatable bonds is 9. The number of carboxylic acid groups (broad SMARTS) is 1. The van der Waals surface area contributed by atoms with Crippen LogP contribution in [0.15, 0.2) is 41.3 Å². The Morgan fingerprint density at radius 1 is 1.05 bits per heavy atom. The van der Waals surface area contributed by atoms with Crippen LogP contribution in [0, 0.1) is 11.6 Å². The maximum Gasteiger partial charge on any atom is 0.432 e. The molecule has 2 aliphatic heterocycles. The van der Waals surface area contributed by atoms with E-state index in [2.05, 4.69) is 32.6 Å². The maximum atomic E-state index is 13.8. The van der Waals surface area contributed by atoms with Crippen molar-refractivity contribution < 1.29 is 36.6 Å². The monoisotopic (exact) mass is 633 g/mol. The van der Waals surface area contributed by atoms with E-state index in [4.69, 9.17) is 4.74 Å². The first kappa shape index (κ1) is 31.3. The molecule has 16 heteroatoms. The number of aromatic nitrogens is 2. The maximum absolute atomic E-state index is 13.8. The lowest BCUT2D eigenvalue weighted by Crippen LogP contribution is -2.44. The van der Waals surface area contributed by atoms with Gasteiger partial charge in [0, 0.05) is 82.3 Å². The Morgan fingerprint density at radius 2 is 1.75 bits per heavy atom. The van der Waals surface area contributed by atoms with E-state index in [1.807, 2.05) is 12.1 Å². The van der Waals surface area contributed by atoms with Crippen LogP contribution in [0.25, 0.3) is 0 Å². The Labute approximate surface area is 253 Å². The standard InChI is InChI=1S/C28H33F2N7O6S/c1-34-8-10-35(11-9-34)20-3-4-22(24(16-20)31-6-12-43-2)27(38)32-26-23-17-36(7-5-25(23)37(33-26)28(39)40)44(41,42)21-14-18(29)13-19(30)15-21/h3-4,13-16,31H,5-12,17H2,1-2H3,(H,39,40)(H,32,33,38). The molecule has 44 heavy (non-hydrogen) atoms. The van der Waals surface area contributed by atoms with Crippen LogP contribution in [0.4, 0.5) is 30.8 Å². The summed E-state index contributed by atoms with van der Waals surface area (Å²) in [6, 6.07) is 7.34. The molecule has 1 saturated heterocycles. The average molecular weight is 634 g/mol. The van der Waals surface area contributed by atoms with Crippen LogP contribution in [0.1, 0.15) is 21.6 Å². The van der Waals surface area contributed by atoms with Crippen molar-refractivity contribution in [3.63, 3.8) is 0 Å². The molecule has 2 aromatic carbocycles. The van der Waals surface area contributed by atoms with Crippen LogP contribution >= 0.6 is 0 Å². The SMILES string of the molecule is COCCNc1cc(N2CCN(C)CC2)ccc1C(=O)Nc1nn(C(=O)O)c2c1CN(S(=O)(=O)c1cc(F)cc(F)c1)CC2. The number of fused-ring (bicyclic) bond motifs is 1. The molecule has 3 heterocycles. The molecule has 0 radical (unpaired) electrons. The molecular formula is C28H33F2N7O6S. The number of halogens is 2. The molecule has 0 bridgehead atoms. The number of anilines is 3. The first-order chi connectivity index (χ1) is 21.0. The number of hydrogen-bond acceptors (Lipinski definition) is 9. The van der Waals surface area contributed by atoms with E-state index in [0.717, 1.165) is 36.2 Å². The van der Waals surface area contributed by atoms with E-state index in [-0.39, 0.29) is 42.1 Å².